The number of fused-ring (bicyclic) bond motifs is 8. The molecule has 3 aliphatic heterocycles. The molecule has 2 bridgehead atoms. The minimum Gasteiger partial charge on any atom is -0.306 e. The number of hydrogen-bond acceptors (Lipinski definition) is 3. The summed E-state index contributed by atoms with van der Waals surface area (Å²) in [6.45, 7) is 12.0. The summed E-state index contributed by atoms with van der Waals surface area (Å²) < 4.78 is 0. The number of para-hydroxylation sites is 4. The topological polar surface area (TPSA) is 6.48 Å². The molecule has 0 radical (unpaired) electrons. The van der Waals surface area contributed by atoms with Crippen molar-refractivity contribution in [1.82, 2.24) is 0 Å². The van der Waals surface area contributed by atoms with Crippen molar-refractivity contribution in [3.8, 4) is 0 Å². The van der Waals surface area contributed by atoms with Crippen LogP contribution >= 0.6 is 11.8 Å². The fourth-order valence-electron chi connectivity index (χ4n) is 8.33. The molecule has 0 aromatic heterocycles. The fourth-order valence-corrected chi connectivity index (χ4v) is 9.45. The van der Waals surface area contributed by atoms with Gasteiger partial charge >= 0.3 is 0 Å². The molecule has 0 saturated carbocycles. The minimum atomic E-state index is 0.152. The lowest BCUT2D eigenvalue weighted by atomic mass is 9.34. The van der Waals surface area contributed by atoms with Crippen molar-refractivity contribution in [1.29, 1.82) is 0 Å². The first kappa shape index (κ1) is 29.5. The Morgan fingerprint density at radius 2 is 1.25 bits per heavy atom. The molecule has 0 N–H and O–H groups in total. The molecule has 0 spiro atoms. The van der Waals surface area contributed by atoms with Crippen molar-refractivity contribution in [2.75, 3.05) is 9.80 Å². The van der Waals surface area contributed by atoms with Crippen LogP contribution in [0.15, 0.2) is 137 Å². The van der Waals surface area contributed by atoms with E-state index in [1.165, 1.54) is 82.6 Å². The van der Waals surface area contributed by atoms with Crippen LogP contribution in [-0.2, 0) is 0 Å². The summed E-state index contributed by atoms with van der Waals surface area (Å²) in [4.78, 5) is 7.74. The Bertz CT molecular complexity index is 2220. The second-order valence-electron chi connectivity index (χ2n) is 14.1. The molecule has 0 fully saturated rings. The standard InChI is InChI=1S/C44H39BN2S/c1-27(2)30-24-34(28(3)4)43-35(25-30)29(5)33-16-13-20-40-44(33)47(39-19-11-10-18-38(39)46(40)31-14-7-6-8-15-31)32-22-23-42-37(26-32)45(43)36-17-9-12-21-41(36)48-42/h6-29H,1-5H3. The molecule has 6 aromatic rings. The number of benzene rings is 6. The van der Waals surface area contributed by atoms with E-state index in [4.69, 9.17) is 0 Å². The van der Waals surface area contributed by atoms with Crippen molar-refractivity contribution in [3.05, 3.63) is 150 Å². The third kappa shape index (κ3) is 4.35. The van der Waals surface area contributed by atoms with Gasteiger partial charge in [-0.15, -0.1) is 0 Å². The van der Waals surface area contributed by atoms with E-state index in [2.05, 4.69) is 172 Å². The molecule has 0 amide bonds. The highest BCUT2D eigenvalue weighted by Gasteiger charge is 2.40. The molecular formula is C44H39BN2S. The third-order valence-electron chi connectivity index (χ3n) is 10.7. The predicted molar refractivity (Wildman–Crippen MR) is 207 cm³/mol. The molecule has 9 rings (SSSR count). The fraction of sp³-hybridized carbons (Fsp3) is 0.182. The Hall–Kier alpha value is -4.67. The maximum Gasteiger partial charge on any atom is 0.244 e. The van der Waals surface area contributed by atoms with Crippen molar-refractivity contribution >= 4 is 69.0 Å². The van der Waals surface area contributed by atoms with Crippen LogP contribution in [0.5, 0.6) is 0 Å². The van der Waals surface area contributed by atoms with Gasteiger partial charge in [-0.1, -0.05) is 136 Å². The summed E-state index contributed by atoms with van der Waals surface area (Å²) in [5.41, 5.74) is 17.3. The average molecular weight is 639 g/mol. The molecule has 0 saturated heterocycles. The lowest BCUT2D eigenvalue weighted by Crippen LogP contribution is -2.58. The summed E-state index contributed by atoms with van der Waals surface area (Å²) in [6.07, 6.45) is 0. The molecule has 1 atom stereocenters. The van der Waals surface area contributed by atoms with E-state index in [9.17, 15) is 0 Å². The van der Waals surface area contributed by atoms with Crippen molar-refractivity contribution in [2.24, 2.45) is 0 Å². The maximum atomic E-state index is 2.56. The number of anilines is 6. The molecule has 0 aliphatic carbocycles. The van der Waals surface area contributed by atoms with E-state index in [1.807, 2.05) is 11.8 Å². The van der Waals surface area contributed by atoms with Gasteiger partial charge in [0.2, 0.25) is 6.71 Å². The average Bonchev–Trinajstić information content (AvgIpc) is 3.11. The lowest BCUT2D eigenvalue weighted by Gasteiger charge is -2.43. The molecule has 3 heterocycles. The molecule has 4 heteroatoms. The first-order valence-electron chi connectivity index (χ1n) is 17.4. The van der Waals surface area contributed by atoms with E-state index >= 15 is 0 Å². The van der Waals surface area contributed by atoms with Gasteiger partial charge < -0.3 is 9.80 Å². The summed E-state index contributed by atoms with van der Waals surface area (Å²) in [7, 11) is 0. The van der Waals surface area contributed by atoms with Crippen molar-refractivity contribution in [3.63, 3.8) is 0 Å². The Morgan fingerprint density at radius 1 is 0.562 bits per heavy atom. The van der Waals surface area contributed by atoms with Crippen molar-refractivity contribution in [2.45, 2.75) is 62.2 Å². The third-order valence-corrected chi connectivity index (χ3v) is 11.9. The number of hydrogen-bond donors (Lipinski definition) is 0. The second-order valence-corrected chi connectivity index (χ2v) is 15.2. The van der Waals surface area contributed by atoms with Gasteiger partial charge in [0.05, 0.1) is 22.7 Å². The Kier molecular flexibility index (Phi) is 6.88. The van der Waals surface area contributed by atoms with Crippen LogP contribution in [0.3, 0.4) is 0 Å². The number of rotatable bonds is 3. The zero-order chi connectivity index (χ0) is 32.7. The van der Waals surface area contributed by atoms with E-state index in [0.717, 1.165) is 0 Å². The molecule has 234 valence electrons. The van der Waals surface area contributed by atoms with E-state index in [1.54, 1.807) is 0 Å². The molecule has 1 unspecified atom stereocenters. The monoisotopic (exact) mass is 638 g/mol. The van der Waals surface area contributed by atoms with Crippen molar-refractivity contribution < 1.29 is 0 Å². The maximum absolute atomic E-state index is 2.56. The smallest absolute Gasteiger partial charge is 0.244 e. The first-order valence-corrected chi connectivity index (χ1v) is 18.2. The highest BCUT2D eigenvalue weighted by molar-refractivity contribution is 8.00. The second kappa shape index (κ2) is 11.2. The first-order chi connectivity index (χ1) is 23.4. The van der Waals surface area contributed by atoms with Gasteiger partial charge in [-0.05, 0) is 88.7 Å². The highest BCUT2D eigenvalue weighted by atomic mass is 32.2. The van der Waals surface area contributed by atoms with Gasteiger partial charge in [0.15, 0.2) is 0 Å². The van der Waals surface area contributed by atoms with E-state index in [0.29, 0.717) is 11.8 Å². The molecule has 3 aliphatic rings. The molecule has 48 heavy (non-hydrogen) atoms. The summed E-state index contributed by atoms with van der Waals surface area (Å²) in [6, 6.07) is 48.2. The lowest BCUT2D eigenvalue weighted by molar-refractivity contribution is 0.823. The van der Waals surface area contributed by atoms with Gasteiger partial charge in [-0.3, -0.25) is 0 Å². The summed E-state index contributed by atoms with van der Waals surface area (Å²) in [5, 5.41) is 0. The van der Waals surface area contributed by atoms with E-state index in [-0.39, 0.29) is 12.6 Å². The van der Waals surface area contributed by atoms with Gasteiger partial charge in [0.25, 0.3) is 0 Å². The number of nitrogens with zero attached hydrogens (tertiary/aromatic N) is 2. The van der Waals surface area contributed by atoms with Crippen LogP contribution < -0.4 is 26.2 Å². The van der Waals surface area contributed by atoms with Crippen LogP contribution in [0.25, 0.3) is 0 Å². The van der Waals surface area contributed by atoms with Gasteiger partial charge in [-0.2, -0.15) is 0 Å². The zero-order valence-corrected chi connectivity index (χ0v) is 29.1. The minimum absolute atomic E-state index is 0.152. The summed E-state index contributed by atoms with van der Waals surface area (Å²) in [5.74, 6) is 0.985. The van der Waals surface area contributed by atoms with Gasteiger partial charge in [0, 0.05) is 27.1 Å². The van der Waals surface area contributed by atoms with Gasteiger partial charge in [-0.25, -0.2) is 0 Å². The van der Waals surface area contributed by atoms with Gasteiger partial charge in [0.1, 0.15) is 0 Å². The largest absolute Gasteiger partial charge is 0.306 e. The van der Waals surface area contributed by atoms with Crippen LogP contribution in [0, 0.1) is 0 Å². The normalized spacial score (nSPS) is 15.6. The quantitative estimate of drug-likeness (QED) is 0.178. The van der Waals surface area contributed by atoms with Crippen LogP contribution in [-0.4, -0.2) is 6.71 Å². The predicted octanol–water partition coefficient (Wildman–Crippen LogP) is 10.6. The van der Waals surface area contributed by atoms with E-state index < -0.39 is 0 Å². The van der Waals surface area contributed by atoms with Crippen LogP contribution in [0.1, 0.15) is 74.6 Å². The zero-order valence-electron chi connectivity index (χ0n) is 28.2. The summed E-state index contributed by atoms with van der Waals surface area (Å²) >= 11 is 1.92. The Balaban J connectivity index is 1.43. The Morgan fingerprint density at radius 3 is 2.02 bits per heavy atom. The SMILES string of the molecule is CC(C)c1cc(C(C)C)c2c(c1)C(C)c1cccc3c1N(c1ccc4c(c1)B2c1ccccc1S4)c1ccccc1N3c1ccccc1. The van der Waals surface area contributed by atoms with Crippen LogP contribution in [0.2, 0.25) is 0 Å². The van der Waals surface area contributed by atoms with Crippen LogP contribution in [0.4, 0.5) is 34.1 Å². The highest BCUT2D eigenvalue weighted by Crippen LogP contribution is 2.57. The molecule has 2 nitrogen and oxygen atoms in total. The Labute approximate surface area is 289 Å². The molecular weight excluding hydrogens is 599 g/mol. The molecule has 6 aromatic carbocycles.